The van der Waals surface area contributed by atoms with Gasteiger partial charge in [-0.15, -0.1) is 5.10 Å². The number of nitrogens with one attached hydrogen (secondary N) is 1. The van der Waals surface area contributed by atoms with Crippen LogP contribution in [0.4, 0.5) is 0 Å². The van der Waals surface area contributed by atoms with Crippen LogP contribution in [0.2, 0.25) is 0 Å². The van der Waals surface area contributed by atoms with Gasteiger partial charge in [-0.05, 0) is 13.3 Å². The molecule has 0 aromatic carbocycles. The molecule has 3 N–H and O–H groups in total. The molecule has 2 aromatic heterocycles. The van der Waals surface area contributed by atoms with Gasteiger partial charge in [-0.25, -0.2) is 13.1 Å². The topological polar surface area (TPSA) is 116 Å². The van der Waals surface area contributed by atoms with Crippen LogP contribution in [0.15, 0.2) is 27.8 Å². The summed E-state index contributed by atoms with van der Waals surface area (Å²) in [5.41, 5.74) is 5.43. The lowest BCUT2D eigenvalue weighted by molar-refractivity contribution is 0.478. The molecule has 0 radical (unpaired) electrons. The van der Waals surface area contributed by atoms with E-state index >= 15 is 0 Å². The summed E-state index contributed by atoms with van der Waals surface area (Å²) in [6.45, 7) is 2.68. The first kappa shape index (κ1) is 14.7. The lowest BCUT2D eigenvalue weighted by Gasteiger charge is -2.05. The number of hydrogen-bond acceptors (Lipinski definition) is 6. The van der Waals surface area contributed by atoms with Gasteiger partial charge in [0.25, 0.3) is 0 Å². The second kappa shape index (κ2) is 6.16. The van der Waals surface area contributed by atoms with E-state index in [-0.39, 0.29) is 11.4 Å². The first-order valence-electron chi connectivity index (χ1n) is 6.16. The Morgan fingerprint density at radius 2 is 2.30 bits per heavy atom. The molecule has 0 amide bonds. The van der Waals surface area contributed by atoms with Gasteiger partial charge in [-0.2, -0.15) is 0 Å². The van der Waals surface area contributed by atoms with Crippen LogP contribution < -0.4 is 10.5 Å². The number of rotatable bonds is 7. The van der Waals surface area contributed by atoms with Gasteiger partial charge >= 0.3 is 0 Å². The molecule has 0 unspecified atom stereocenters. The molecule has 20 heavy (non-hydrogen) atoms. The van der Waals surface area contributed by atoms with E-state index < -0.39 is 10.0 Å². The van der Waals surface area contributed by atoms with Crippen molar-refractivity contribution < 1.29 is 12.8 Å². The van der Waals surface area contributed by atoms with Crippen molar-refractivity contribution in [3.05, 3.63) is 30.0 Å². The fraction of sp³-hybridized carbons (Fsp3) is 0.455. The van der Waals surface area contributed by atoms with Crippen LogP contribution in [0.3, 0.4) is 0 Å². The fourth-order valence-corrected chi connectivity index (χ4v) is 3.04. The highest BCUT2D eigenvalue weighted by molar-refractivity contribution is 7.89. The first-order valence-corrected chi connectivity index (χ1v) is 7.64. The highest BCUT2D eigenvalue weighted by Gasteiger charge is 2.20. The second-order valence-electron chi connectivity index (χ2n) is 4.25. The molecule has 2 heterocycles. The zero-order valence-corrected chi connectivity index (χ0v) is 11.9. The van der Waals surface area contributed by atoms with Crippen LogP contribution in [0.25, 0.3) is 0 Å². The van der Waals surface area contributed by atoms with Gasteiger partial charge in [0.1, 0.15) is 16.4 Å². The molecule has 110 valence electrons. The van der Waals surface area contributed by atoms with E-state index in [1.165, 1.54) is 6.07 Å². The van der Waals surface area contributed by atoms with E-state index in [0.717, 1.165) is 0 Å². The van der Waals surface area contributed by atoms with Gasteiger partial charge in [0.2, 0.25) is 10.0 Å². The molecule has 9 heteroatoms. The van der Waals surface area contributed by atoms with Crippen LogP contribution in [0.1, 0.15) is 17.9 Å². The third-order valence-corrected chi connectivity index (χ3v) is 4.31. The molecule has 0 bridgehead atoms. The average Bonchev–Trinajstić information content (AvgIpc) is 3.04. The summed E-state index contributed by atoms with van der Waals surface area (Å²) in [5, 5.41) is 7.47. The van der Waals surface area contributed by atoms with Crippen LogP contribution in [-0.4, -0.2) is 30.0 Å². The Balaban J connectivity index is 1.91. The third kappa shape index (κ3) is 3.44. The largest absolute Gasteiger partial charge is 0.464 e. The highest BCUT2D eigenvalue weighted by Crippen LogP contribution is 2.19. The van der Waals surface area contributed by atoms with Crippen molar-refractivity contribution in [1.29, 1.82) is 0 Å². The normalized spacial score (nSPS) is 11.9. The first-order chi connectivity index (χ1) is 9.53. The van der Waals surface area contributed by atoms with E-state index in [9.17, 15) is 8.42 Å². The van der Waals surface area contributed by atoms with Crippen LogP contribution in [0.5, 0.6) is 0 Å². The number of hydrogen-bond donors (Lipinski definition) is 2. The molecule has 0 spiro atoms. The van der Waals surface area contributed by atoms with Crippen molar-refractivity contribution in [2.75, 3.05) is 6.54 Å². The van der Waals surface area contributed by atoms with Crippen LogP contribution in [-0.2, 0) is 23.1 Å². The predicted molar refractivity (Wildman–Crippen MR) is 71.2 cm³/mol. The number of nitrogens with two attached hydrogens (primary N) is 1. The van der Waals surface area contributed by atoms with Crippen molar-refractivity contribution in [2.45, 2.75) is 31.3 Å². The molecular formula is C11H17N5O3S. The van der Waals surface area contributed by atoms with Crippen molar-refractivity contribution in [2.24, 2.45) is 5.73 Å². The summed E-state index contributed by atoms with van der Waals surface area (Å²) >= 11 is 0. The molecule has 0 saturated heterocycles. The van der Waals surface area contributed by atoms with E-state index in [0.29, 0.717) is 31.0 Å². The Labute approximate surface area is 117 Å². The zero-order chi connectivity index (χ0) is 14.6. The minimum absolute atomic E-state index is 0.138. The molecule has 0 atom stereocenters. The van der Waals surface area contributed by atoms with E-state index in [1.54, 1.807) is 24.0 Å². The molecule has 8 nitrogen and oxygen atoms in total. The summed E-state index contributed by atoms with van der Waals surface area (Å²) < 4.78 is 33.6. The minimum atomic E-state index is -3.57. The van der Waals surface area contributed by atoms with Crippen molar-refractivity contribution in [3.63, 3.8) is 0 Å². The lowest BCUT2D eigenvalue weighted by atomic mass is 10.4. The fourth-order valence-electron chi connectivity index (χ4n) is 1.77. The number of aryl methyl sites for hydroxylation is 2. The molecule has 0 aliphatic carbocycles. The smallest absolute Gasteiger partial charge is 0.244 e. The monoisotopic (exact) mass is 299 g/mol. The summed E-state index contributed by atoms with van der Waals surface area (Å²) in [6.07, 6.45) is 3.92. The number of nitrogens with zero attached hydrogens (tertiary/aromatic N) is 3. The number of sulfonamides is 1. The van der Waals surface area contributed by atoms with Crippen molar-refractivity contribution in [1.82, 2.24) is 19.7 Å². The summed E-state index contributed by atoms with van der Waals surface area (Å²) in [7, 11) is -3.57. The highest BCUT2D eigenvalue weighted by atomic mass is 32.2. The maximum absolute atomic E-state index is 12.1. The minimum Gasteiger partial charge on any atom is -0.464 e. The average molecular weight is 299 g/mol. The Morgan fingerprint density at radius 3 is 2.90 bits per heavy atom. The SMILES string of the molecule is Cc1oc(CN)cc1S(=O)(=O)NCCCn1ccnn1. The molecule has 0 aliphatic rings. The number of furan rings is 1. The Bertz CT molecular complexity index is 648. The molecule has 2 rings (SSSR count). The Hall–Kier alpha value is -1.71. The van der Waals surface area contributed by atoms with Gasteiger partial charge in [-0.3, -0.25) is 4.68 Å². The van der Waals surface area contributed by atoms with Gasteiger partial charge in [0.15, 0.2) is 0 Å². The molecule has 0 saturated carbocycles. The lowest BCUT2D eigenvalue weighted by Crippen LogP contribution is -2.25. The molecule has 2 aromatic rings. The van der Waals surface area contributed by atoms with E-state index in [4.69, 9.17) is 10.2 Å². The van der Waals surface area contributed by atoms with Gasteiger partial charge in [-0.1, -0.05) is 5.21 Å². The van der Waals surface area contributed by atoms with Gasteiger partial charge < -0.3 is 10.2 Å². The maximum atomic E-state index is 12.1. The Morgan fingerprint density at radius 1 is 1.50 bits per heavy atom. The van der Waals surface area contributed by atoms with Gasteiger partial charge in [0.05, 0.1) is 12.7 Å². The zero-order valence-electron chi connectivity index (χ0n) is 11.1. The van der Waals surface area contributed by atoms with Crippen molar-refractivity contribution >= 4 is 10.0 Å². The quantitative estimate of drug-likeness (QED) is 0.695. The third-order valence-electron chi connectivity index (χ3n) is 2.74. The van der Waals surface area contributed by atoms with E-state index in [2.05, 4.69) is 15.0 Å². The standard InChI is InChI=1S/C11H17N5O3S/c1-9-11(7-10(8-12)19-9)20(17,18)14-3-2-5-16-6-4-13-15-16/h4,6-7,14H,2-3,5,8,12H2,1H3. The van der Waals surface area contributed by atoms with Crippen LogP contribution >= 0.6 is 0 Å². The molecule has 0 fully saturated rings. The van der Waals surface area contributed by atoms with E-state index in [1.807, 2.05) is 0 Å². The summed E-state index contributed by atoms with van der Waals surface area (Å²) in [5.74, 6) is 0.791. The second-order valence-corrected chi connectivity index (χ2v) is 5.99. The van der Waals surface area contributed by atoms with Crippen LogP contribution in [0, 0.1) is 6.92 Å². The van der Waals surface area contributed by atoms with Crippen molar-refractivity contribution in [3.8, 4) is 0 Å². The predicted octanol–water partition coefficient (Wildman–Crippen LogP) is 0.00682. The maximum Gasteiger partial charge on any atom is 0.244 e. The summed E-state index contributed by atoms with van der Waals surface area (Å²) in [4.78, 5) is 0.138. The van der Waals surface area contributed by atoms with Gasteiger partial charge in [0, 0.05) is 25.4 Å². The Kier molecular flexibility index (Phi) is 4.53. The summed E-state index contributed by atoms with van der Waals surface area (Å²) in [6, 6.07) is 1.45. The molecule has 0 aliphatic heterocycles. The number of aromatic nitrogens is 3. The molecular weight excluding hydrogens is 282 g/mol.